The quantitative estimate of drug-likeness (QED) is 0.0514. The molecule has 0 aromatic heterocycles. The summed E-state index contributed by atoms with van der Waals surface area (Å²) in [7, 11) is 0. The van der Waals surface area contributed by atoms with Crippen LogP contribution in [0.2, 0.25) is 0 Å². The van der Waals surface area contributed by atoms with E-state index in [-0.39, 0.29) is 95.9 Å². The van der Waals surface area contributed by atoms with Gasteiger partial charge in [0.15, 0.2) is 0 Å². The lowest BCUT2D eigenvalue weighted by Gasteiger charge is -2.29. The molecule has 12 atom stereocenters. The Bertz CT molecular complexity index is 2030. The highest BCUT2D eigenvalue weighted by Gasteiger charge is 2.37. The summed E-state index contributed by atoms with van der Waals surface area (Å²) in [5.41, 5.74) is 24.1. The highest BCUT2D eigenvalue weighted by Crippen LogP contribution is 2.13. The molecule has 26 heteroatoms. The minimum absolute atomic E-state index is 0.0241. The van der Waals surface area contributed by atoms with E-state index in [0.29, 0.717) is 12.1 Å². The van der Waals surface area contributed by atoms with Crippen LogP contribution in [0, 0.1) is 11.8 Å². The van der Waals surface area contributed by atoms with Gasteiger partial charge in [0.25, 0.3) is 0 Å². The Balaban J connectivity index is 2.10. The van der Waals surface area contributed by atoms with Crippen LogP contribution in [0.4, 0.5) is 0 Å². The Morgan fingerprint density at radius 1 is 0.645 bits per heavy atom. The van der Waals surface area contributed by atoms with Crippen molar-refractivity contribution in [3.05, 3.63) is 35.9 Å². The molecule has 2 unspecified atom stereocenters. The van der Waals surface area contributed by atoms with Crippen LogP contribution in [-0.4, -0.2) is 182 Å². The normalized spacial score (nSPS) is 25.7. The number of amides is 9. The highest BCUT2D eigenvalue weighted by atomic mass is 16.3. The summed E-state index contributed by atoms with van der Waals surface area (Å²) >= 11 is 0. The van der Waals surface area contributed by atoms with Crippen molar-refractivity contribution in [2.75, 3.05) is 52.4 Å². The molecule has 428 valence electrons. The molecule has 0 aliphatic carbocycles. The Morgan fingerprint density at radius 2 is 1.21 bits per heavy atom. The first-order valence-electron chi connectivity index (χ1n) is 26.6. The molecule has 3 rings (SSSR count). The van der Waals surface area contributed by atoms with E-state index in [9.17, 15) is 53.4 Å². The number of benzene rings is 1. The smallest absolute Gasteiger partial charge is 0.245 e. The van der Waals surface area contributed by atoms with Gasteiger partial charge in [-0.15, -0.1) is 0 Å². The average molecular weight is 1070 g/mol. The Hall–Kier alpha value is -5.87. The third kappa shape index (κ3) is 22.0. The van der Waals surface area contributed by atoms with Crippen LogP contribution < -0.4 is 81.4 Å². The second kappa shape index (κ2) is 34.0. The minimum atomic E-state index is -1.63. The topological polar surface area (TPSA) is 430 Å². The maximum atomic E-state index is 14.4. The van der Waals surface area contributed by atoms with E-state index in [4.69, 9.17) is 22.9 Å². The highest BCUT2D eigenvalue weighted by molar-refractivity contribution is 5.98. The molecule has 1 aromatic rings. The molecule has 1 aromatic carbocycles. The number of rotatable bonds is 22. The first kappa shape index (κ1) is 64.4. The van der Waals surface area contributed by atoms with E-state index < -0.39 is 120 Å². The molecule has 76 heavy (non-hydrogen) atoms. The SMILES string of the molecule is CC(C)C[C@@H]1NC(=O)[C@@H](Cc2ccccc2)NC(=O)[C@H](CCN)NC(=O)[C@@H](NC(=O)[C@H](CCN)NC(=O)[C@@H](NC[C@H]2CCCNC2)C(C)O)CCNC(=O)[C@H](C(C)O)NC(=O)[C@H](CCN)NC(=O)[C@H](CCCN)NC1=O. The zero-order valence-corrected chi connectivity index (χ0v) is 44.5. The number of carbonyl (C=O) groups excluding carboxylic acids is 9. The molecule has 21 N–H and O–H groups in total. The number of piperidine rings is 1. The van der Waals surface area contributed by atoms with Crippen molar-refractivity contribution in [2.45, 2.75) is 158 Å². The summed E-state index contributed by atoms with van der Waals surface area (Å²) in [6.07, 6.45) is -1.32. The van der Waals surface area contributed by atoms with Crippen molar-refractivity contribution >= 4 is 53.2 Å². The largest absolute Gasteiger partial charge is 0.391 e. The minimum Gasteiger partial charge on any atom is -0.391 e. The predicted octanol–water partition coefficient (Wildman–Crippen LogP) is -5.82. The van der Waals surface area contributed by atoms with Gasteiger partial charge in [0.05, 0.1) is 12.2 Å². The van der Waals surface area contributed by atoms with Crippen molar-refractivity contribution in [3.63, 3.8) is 0 Å². The van der Waals surface area contributed by atoms with Gasteiger partial charge in [0.1, 0.15) is 54.4 Å². The van der Waals surface area contributed by atoms with Gasteiger partial charge in [-0.05, 0) is 135 Å². The standard InChI is InChI=1S/C50H87N15O11/c1-28(2)24-38-47(73)58-33(13-8-18-51)42(68)60-36(16-21-54)46(72)65-41(30(4)67)49(75)56-23-17-37(45(71)59-34(14-19-52)44(70)64-39(48(74)63-38)25-31-10-6-5-7-11-31)61-43(69)35(15-20-53)62-50(76)40(29(3)66)57-27-32-12-9-22-55-26-32/h5-7,10-11,28-30,32-41,55,57,66-67H,8-9,12-27,51-54H2,1-4H3,(H,56,75)(H,58,73)(H,59,71)(H,60,68)(H,61,69)(H,62,76)(H,63,74)(H,64,70)(H,65,72)/t29?,30?,32-,33-,34-,35-,36-,37-,38-,39+,40-,41-/m0/s1. The van der Waals surface area contributed by atoms with Gasteiger partial charge in [-0.25, -0.2) is 0 Å². The first-order valence-corrected chi connectivity index (χ1v) is 26.6. The van der Waals surface area contributed by atoms with E-state index in [1.165, 1.54) is 13.8 Å². The van der Waals surface area contributed by atoms with Gasteiger partial charge in [0.2, 0.25) is 53.2 Å². The van der Waals surface area contributed by atoms with Crippen LogP contribution in [0.3, 0.4) is 0 Å². The summed E-state index contributed by atoms with van der Waals surface area (Å²) in [5, 5.41) is 51.4. The van der Waals surface area contributed by atoms with E-state index in [0.717, 1.165) is 25.9 Å². The number of carbonyl (C=O) groups is 9. The molecular weight excluding hydrogens is 987 g/mol. The summed E-state index contributed by atoms with van der Waals surface area (Å²) in [5.74, 6) is -7.54. The van der Waals surface area contributed by atoms with Gasteiger partial charge < -0.3 is 91.6 Å². The van der Waals surface area contributed by atoms with E-state index >= 15 is 0 Å². The summed E-state index contributed by atoms with van der Waals surface area (Å²) in [6.45, 7) is 7.70. The maximum Gasteiger partial charge on any atom is 0.245 e. The van der Waals surface area contributed by atoms with Gasteiger partial charge >= 0.3 is 0 Å². The van der Waals surface area contributed by atoms with Gasteiger partial charge in [-0.2, -0.15) is 0 Å². The van der Waals surface area contributed by atoms with Crippen LogP contribution >= 0.6 is 0 Å². The number of hydrogen-bond acceptors (Lipinski definition) is 17. The third-order valence-corrected chi connectivity index (χ3v) is 13.1. The molecule has 0 radical (unpaired) electrons. The van der Waals surface area contributed by atoms with Crippen LogP contribution in [0.1, 0.15) is 91.0 Å². The zero-order valence-electron chi connectivity index (χ0n) is 44.5. The van der Waals surface area contributed by atoms with Crippen molar-refractivity contribution in [1.29, 1.82) is 0 Å². The van der Waals surface area contributed by atoms with Crippen LogP contribution in [0.5, 0.6) is 0 Å². The third-order valence-electron chi connectivity index (χ3n) is 13.1. The predicted molar refractivity (Wildman–Crippen MR) is 283 cm³/mol. The lowest BCUT2D eigenvalue weighted by molar-refractivity contribution is -0.136. The van der Waals surface area contributed by atoms with Crippen molar-refractivity contribution in [3.8, 4) is 0 Å². The van der Waals surface area contributed by atoms with Crippen LogP contribution in [-0.2, 0) is 49.6 Å². The maximum absolute atomic E-state index is 14.4. The van der Waals surface area contributed by atoms with E-state index in [1.54, 1.807) is 30.3 Å². The van der Waals surface area contributed by atoms with Crippen LogP contribution in [0.25, 0.3) is 0 Å². The number of hydrogen-bond donors (Lipinski definition) is 17. The molecule has 26 nitrogen and oxygen atoms in total. The molecular formula is C50H87N15O11. The van der Waals surface area contributed by atoms with Gasteiger partial charge in [-0.1, -0.05) is 44.2 Å². The van der Waals surface area contributed by atoms with Gasteiger partial charge in [-0.3, -0.25) is 43.2 Å². The molecule has 2 aliphatic heterocycles. The monoisotopic (exact) mass is 1070 g/mol. The molecule has 0 saturated carbocycles. The second-order valence-electron chi connectivity index (χ2n) is 20.1. The number of aliphatic hydroxyl groups is 2. The second-order valence-corrected chi connectivity index (χ2v) is 20.1. The lowest BCUT2D eigenvalue weighted by Crippen LogP contribution is -2.61. The van der Waals surface area contributed by atoms with Crippen molar-refractivity contribution < 1.29 is 53.4 Å². The Labute approximate surface area is 445 Å². The molecule has 2 aliphatic rings. The Kier molecular flexibility index (Phi) is 28.8. The summed E-state index contributed by atoms with van der Waals surface area (Å²) in [6, 6.07) is -3.63. The fraction of sp³-hybridized carbons (Fsp3) is 0.700. The fourth-order valence-corrected chi connectivity index (χ4v) is 8.81. The number of nitrogens with one attached hydrogen (secondary N) is 11. The van der Waals surface area contributed by atoms with Crippen LogP contribution in [0.15, 0.2) is 30.3 Å². The summed E-state index contributed by atoms with van der Waals surface area (Å²) < 4.78 is 0. The lowest BCUT2D eigenvalue weighted by atomic mass is 9.99. The molecule has 2 fully saturated rings. The Morgan fingerprint density at radius 3 is 1.76 bits per heavy atom. The zero-order chi connectivity index (χ0) is 56.3. The summed E-state index contributed by atoms with van der Waals surface area (Å²) in [4.78, 5) is 127. The first-order chi connectivity index (χ1) is 36.2. The van der Waals surface area contributed by atoms with Crippen molar-refractivity contribution in [1.82, 2.24) is 58.5 Å². The number of nitrogens with two attached hydrogens (primary N) is 4. The molecule has 2 saturated heterocycles. The molecule has 9 amide bonds. The van der Waals surface area contributed by atoms with Crippen molar-refractivity contribution in [2.24, 2.45) is 34.8 Å². The fourth-order valence-electron chi connectivity index (χ4n) is 8.81. The number of aliphatic hydroxyl groups excluding tert-OH is 2. The van der Waals surface area contributed by atoms with Gasteiger partial charge in [0, 0.05) is 13.0 Å². The van der Waals surface area contributed by atoms with E-state index in [2.05, 4.69) is 58.5 Å². The molecule has 0 bridgehead atoms. The molecule has 0 spiro atoms. The van der Waals surface area contributed by atoms with E-state index in [1.807, 2.05) is 13.8 Å². The average Bonchev–Trinajstić information content (AvgIpc) is 3.37. The molecule has 2 heterocycles.